The molecular formula is C27H45NO5. The summed E-state index contributed by atoms with van der Waals surface area (Å²) in [6.07, 6.45) is 4.57. The van der Waals surface area contributed by atoms with Gasteiger partial charge in [-0.3, -0.25) is 4.79 Å². The minimum absolute atomic E-state index is 0.00558. The molecule has 3 atom stereocenters. The summed E-state index contributed by atoms with van der Waals surface area (Å²) in [7, 11) is -1.69. The maximum atomic E-state index is 12.5. The second kappa shape index (κ2) is 15.0. The summed E-state index contributed by atoms with van der Waals surface area (Å²) in [5, 5.41) is 11.3. The molecule has 0 aliphatic carbocycles. The Labute approximate surface area is 209 Å². The van der Waals surface area contributed by atoms with Crippen LogP contribution in [0.1, 0.15) is 66.8 Å². The number of aliphatic hydroxyl groups excluding tert-OH is 1. The van der Waals surface area contributed by atoms with Gasteiger partial charge in [0.15, 0.2) is 11.5 Å². The monoisotopic (exact) mass is 469 g/mol. The van der Waals surface area contributed by atoms with Gasteiger partial charge in [0.25, 0.3) is 0 Å². The minimum Gasteiger partial charge on any atom is -0.493 e. The third kappa shape index (κ3) is 9.38. The Bertz CT molecular complexity index is 915. The fraction of sp³-hybridized carbons (Fsp3) is 0.667. The Kier molecular flexibility index (Phi) is 9.22. The van der Waals surface area contributed by atoms with Crippen LogP contribution in [0.15, 0.2) is 30.4 Å². The van der Waals surface area contributed by atoms with Crippen molar-refractivity contribution in [1.82, 2.24) is 4.90 Å². The molecule has 1 aromatic rings. The molecule has 0 heterocycles. The summed E-state index contributed by atoms with van der Waals surface area (Å²) in [5.74, 6) is 0.267. The molecule has 1 unspecified atom stereocenters. The zero-order valence-corrected chi connectivity index (χ0v) is 20.8. The lowest BCUT2D eigenvalue weighted by Gasteiger charge is -2.26. The second-order valence-electron chi connectivity index (χ2n) is 9.24. The number of hydrogen-bond acceptors (Lipinski definition) is 5. The second-order valence-corrected chi connectivity index (χ2v) is 9.24. The molecule has 0 aliphatic rings. The molecule has 188 valence electrons. The van der Waals surface area contributed by atoms with Gasteiger partial charge in [0.05, 0.1) is 28.0 Å². The van der Waals surface area contributed by atoms with Gasteiger partial charge in [-0.15, -0.1) is 0 Å². The molecule has 33 heavy (non-hydrogen) atoms. The average Bonchev–Trinajstić information content (AvgIpc) is 2.79. The van der Waals surface area contributed by atoms with E-state index in [9.17, 15) is 9.90 Å². The number of carbonyl (C=O) groups is 1. The number of hydrogen-bond donors (Lipinski definition) is 1. The highest BCUT2D eigenvalue weighted by atomic mass is 16.5. The van der Waals surface area contributed by atoms with E-state index in [-0.39, 0.29) is 60.7 Å². The number of rotatable bonds is 15. The summed E-state index contributed by atoms with van der Waals surface area (Å²) in [6, 6.07) is 4.62. The van der Waals surface area contributed by atoms with E-state index in [1.807, 2.05) is 39.8 Å². The van der Waals surface area contributed by atoms with E-state index >= 15 is 0 Å². The highest BCUT2D eigenvalue weighted by Crippen LogP contribution is 2.36. The van der Waals surface area contributed by atoms with Gasteiger partial charge < -0.3 is 24.2 Å². The molecule has 0 aromatic heterocycles. The molecule has 1 amide bonds. The molecular weight excluding hydrogens is 418 g/mol. The predicted molar refractivity (Wildman–Crippen MR) is 134 cm³/mol. The first kappa shape index (κ1) is 20.3. The van der Waals surface area contributed by atoms with Gasteiger partial charge >= 0.3 is 0 Å². The van der Waals surface area contributed by atoms with Crippen LogP contribution in [0.4, 0.5) is 0 Å². The van der Waals surface area contributed by atoms with Crippen LogP contribution < -0.4 is 9.47 Å². The molecule has 0 aliphatic heterocycles. The van der Waals surface area contributed by atoms with Crippen molar-refractivity contribution in [3.05, 3.63) is 35.9 Å². The van der Waals surface area contributed by atoms with Crippen molar-refractivity contribution in [3.63, 3.8) is 0 Å². The van der Waals surface area contributed by atoms with E-state index in [1.54, 1.807) is 31.1 Å². The van der Waals surface area contributed by atoms with Crippen molar-refractivity contribution in [2.24, 2.45) is 23.7 Å². The van der Waals surface area contributed by atoms with Crippen molar-refractivity contribution in [1.29, 1.82) is 0 Å². The molecule has 0 bridgehead atoms. The molecule has 0 fully saturated rings. The predicted octanol–water partition coefficient (Wildman–Crippen LogP) is 5.11. The van der Waals surface area contributed by atoms with Crippen molar-refractivity contribution in [3.8, 4) is 11.5 Å². The highest BCUT2D eigenvalue weighted by Gasteiger charge is 2.25. The molecule has 0 spiro atoms. The number of amides is 1. The van der Waals surface area contributed by atoms with Crippen LogP contribution in [-0.4, -0.2) is 57.3 Å². The van der Waals surface area contributed by atoms with Crippen molar-refractivity contribution < 1.29 is 32.3 Å². The van der Waals surface area contributed by atoms with Gasteiger partial charge in [0.2, 0.25) is 5.91 Å². The Hall–Kier alpha value is -2.05. The Morgan fingerprint density at radius 3 is 2.39 bits per heavy atom. The zero-order valence-electron chi connectivity index (χ0n) is 26.8. The summed E-state index contributed by atoms with van der Waals surface area (Å²) in [5.41, 5.74) is 0.538. The molecule has 0 saturated carbocycles. The number of benzene rings is 1. The van der Waals surface area contributed by atoms with Gasteiger partial charge in [0, 0.05) is 40.1 Å². The maximum Gasteiger partial charge on any atom is 0.225 e. The molecule has 1 aromatic carbocycles. The van der Waals surface area contributed by atoms with Gasteiger partial charge in [-0.05, 0) is 48.3 Å². The van der Waals surface area contributed by atoms with Gasteiger partial charge in [-0.1, -0.05) is 45.9 Å². The largest absolute Gasteiger partial charge is 0.493 e. The number of aliphatic hydroxyl groups is 1. The van der Waals surface area contributed by atoms with Gasteiger partial charge in [-0.2, -0.15) is 0 Å². The molecule has 6 heteroatoms. The zero-order chi connectivity index (χ0) is 30.0. The van der Waals surface area contributed by atoms with E-state index in [2.05, 4.69) is 0 Å². The standard InChI is InChI=1S/C27H45NO5/c1-19(2)22(12-9-10-13-23(20(3)4)27(30)28(5)6)26(29)21-14-15-24(32-8)25(18-21)33-17-11-16-31-7/h9-10,14-15,18-20,22-23,26,29H,11-13,16-17H2,1-8H3/b10-9+/t22-,23-,26?/m0/s1/i7D3,8D3. The van der Waals surface area contributed by atoms with E-state index in [4.69, 9.17) is 22.4 Å². The van der Waals surface area contributed by atoms with E-state index < -0.39 is 20.2 Å². The first-order valence-corrected chi connectivity index (χ1v) is 11.6. The van der Waals surface area contributed by atoms with Gasteiger partial charge in [0.1, 0.15) is 0 Å². The minimum atomic E-state index is -2.70. The Morgan fingerprint density at radius 2 is 1.79 bits per heavy atom. The number of allylic oxidation sites excluding steroid dienone is 2. The number of carbonyl (C=O) groups excluding carboxylic acids is 1. The molecule has 1 N–H and O–H groups in total. The quantitative estimate of drug-likeness (QED) is 0.285. The average molecular weight is 470 g/mol. The van der Waals surface area contributed by atoms with Gasteiger partial charge in [-0.25, -0.2) is 0 Å². The lowest BCUT2D eigenvalue weighted by Crippen LogP contribution is -2.32. The fourth-order valence-corrected chi connectivity index (χ4v) is 3.72. The highest BCUT2D eigenvalue weighted by molar-refractivity contribution is 5.78. The number of nitrogens with zero attached hydrogens (tertiary/aromatic N) is 1. The Morgan fingerprint density at radius 1 is 1.06 bits per heavy atom. The smallest absolute Gasteiger partial charge is 0.225 e. The first-order valence-electron chi connectivity index (χ1n) is 14.6. The maximum absolute atomic E-state index is 12.5. The van der Waals surface area contributed by atoms with Crippen LogP contribution in [-0.2, 0) is 9.53 Å². The summed E-state index contributed by atoms with van der Waals surface area (Å²) >= 11 is 0. The van der Waals surface area contributed by atoms with Crippen LogP contribution in [0.5, 0.6) is 11.5 Å². The summed E-state index contributed by atoms with van der Waals surface area (Å²) in [4.78, 5) is 14.1. The van der Waals surface area contributed by atoms with Crippen LogP contribution >= 0.6 is 0 Å². The van der Waals surface area contributed by atoms with Crippen LogP contribution in [0, 0.1) is 23.7 Å². The summed E-state index contributed by atoms with van der Waals surface area (Å²) < 4.78 is 59.1. The SMILES string of the molecule is [2H]C([2H])([2H])OCCCOc1cc(C(O)[C@@H](C/C=C/C[C@H](C(=O)N(C)C)C(C)C)C(C)C)ccc1OC([2H])([2H])[2H]. The first-order chi connectivity index (χ1) is 17.9. The molecule has 1 rings (SSSR count). The Balaban J connectivity index is 3.03. The van der Waals surface area contributed by atoms with Crippen molar-refractivity contribution in [2.45, 2.75) is 53.1 Å². The topological polar surface area (TPSA) is 68.2 Å². The molecule has 0 saturated heterocycles. The number of methoxy groups -OCH3 is 2. The third-order valence-electron chi connectivity index (χ3n) is 5.86. The lowest BCUT2D eigenvalue weighted by molar-refractivity contribution is -0.134. The van der Waals surface area contributed by atoms with Crippen LogP contribution in [0.2, 0.25) is 0 Å². The van der Waals surface area contributed by atoms with E-state index in [1.165, 1.54) is 6.07 Å². The summed E-state index contributed by atoms with van der Waals surface area (Å²) in [6.45, 7) is 8.09. The van der Waals surface area contributed by atoms with Crippen LogP contribution in [0.25, 0.3) is 0 Å². The van der Waals surface area contributed by atoms with Crippen molar-refractivity contribution >= 4 is 5.91 Å². The molecule has 0 radical (unpaired) electrons. The number of ether oxygens (including phenoxy) is 3. The fourth-order valence-electron chi connectivity index (χ4n) is 3.72. The normalized spacial score (nSPS) is 18.0. The van der Waals surface area contributed by atoms with E-state index in [0.717, 1.165) is 0 Å². The van der Waals surface area contributed by atoms with Crippen LogP contribution in [0.3, 0.4) is 0 Å². The van der Waals surface area contributed by atoms with E-state index in [0.29, 0.717) is 18.4 Å². The molecule has 6 nitrogen and oxygen atoms in total. The third-order valence-corrected chi connectivity index (χ3v) is 5.86. The van der Waals surface area contributed by atoms with Crippen molar-refractivity contribution in [2.75, 3.05) is 41.4 Å². The lowest BCUT2D eigenvalue weighted by atomic mass is 9.83.